The van der Waals surface area contributed by atoms with Crippen LogP contribution in [-0.2, 0) is 28.6 Å². The third-order valence-electron chi connectivity index (χ3n) is 13.6. The normalized spacial score (nSPS) is 38.9. The van der Waals surface area contributed by atoms with E-state index in [1.54, 1.807) is 6.92 Å². The summed E-state index contributed by atoms with van der Waals surface area (Å²) in [5, 5.41) is 11.8. The predicted molar refractivity (Wildman–Crippen MR) is 188 cm³/mol. The standard InChI is InChI=1S/C41H64F2O7/c1-5-7-8-9-10-11-12-13-14-15-16-17-18-20-36(47)48-27-34(46)41-35(49-37(50-41)19-6-2)25-29-30-24-32(42)31-23-28(44)21-22-38(31,3)40(30,43)33(45)26-39(29,41)4/h23,29-30,32-33,35,37,45H,5-22,24-27H2,1-4H3. The number of aliphatic hydroxyl groups excluding tert-OH is 1. The first kappa shape index (κ1) is 39.5. The van der Waals surface area contributed by atoms with E-state index in [1.165, 1.54) is 63.9 Å². The summed E-state index contributed by atoms with van der Waals surface area (Å²) in [4.78, 5) is 39.4. The monoisotopic (exact) mass is 706 g/mol. The Morgan fingerprint density at radius 3 is 2.16 bits per heavy atom. The molecule has 0 aromatic carbocycles. The van der Waals surface area contributed by atoms with Crippen molar-refractivity contribution >= 4 is 17.5 Å². The molecule has 1 N–H and O–H groups in total. The molecule has 7 nitrogen and oxygen atoms in total. The highest BCUT2D eigenvalue weighted by Gasteiger charge is 2.80. The van der Waals surface area contributed by atoms with Crippen LogP contribution >= 0.6 is 0 Å². The fraction of sp³-hybridized carbons (Fsp3) is 0.878. The Bertz CT molecular complexity index is 1240. The summed E-state index contributed by atoms with van der Waals surface area (Å²) in [5.74, 6) is -2.53. The molecule has 9 heteroatoms. The maximum Gasteiger partial charge on any atom is 0.306 e. The SMILES string of the molecule is CCCCCCCCCCCCCCCC(=O)OCC(=O)C12OC(CCC)OC1CC1C3CC(F)C4=CC(=O)CCC4(C)C3(F)C(O)CC12C. The number of hydrogen-bond donors (Lipinski definition) is 1. The highest BCUT2D eigenvalue weighted by atomic mass is 19.1. The molecule has 284 valence electrons. The zero-order valence-electron chi connectivity index (χ0n) is 31.3. The second-order valence-corrected chi connectivity index (χ2v) is 16.7. The van der Waals surface area contributed by atoms with Gasteiger partial charge in [-0.1, -0.05) is 111 Å². The lowest BCUT2D eigenvalue weighted by Gasteiger charge is -2.64. The van der Waals surface area contributed by atoms with Gasteiger partial charge in [0.15, 0.2) is 24.3 Å². The van der Waals surface area contributed by atoms with Crippen molar-refractivity contribution in [2.75, 3.05) is 6.61 Å². The molecule has 0 aromatic rings. The molecule has 1 heterocycles. The highest BCUT2D eigenvalue weighted by molar-refractivity contribution is 5.93. The van der Waals surface area contributed by atoms with Gasteiger partial charge >= 0.3 is 5.97 Å². The number of allylic oxidation sites excluding steroid dienone is 1. The summed E-state index contributed by atoms with van der Waals surface area (Å²) in [6.07, 6.45) is 14.2. The van der Waals surface area contributed by atoms with Crippen LogP contribution in [0.4, 0.5) is 8.78 Å². The fourth-order valence-corrected chi connectivity index (χ4v) is 10.9. The molecule has 0 spiro atoms. The van der Waals surface area contributed by atoms with E-state index in [0.29, 0.717) is 12.8 Å². The van der Waals surface area contributed by atoms with E-state index in [4.69, 9.17) is 14.2 Å². The maximum atomic E-state index is 17.7. The molecule has 0 bridgehead atoms. The Morgan fingerprint density at radius 2 is 1.54 bits per heavy atom. The number of carbonyl (C=O) groups is 3. The van der Waals surface area contributed by atoms with Gasteiger partial charge in [0.1, 0.15) is 11.8 Å². The number of unbranched alkanes of at least 4 members (excludes halogenated alkanes) is 12. The molecule has 0 radical (unpaired) electrons. The number of Topliss-reactive ketones (excluding diaryl/α,β-unsaturated/α-hetero) is 1. The summed E-state index contributed by atoms with van der Waals surface area (Å²) in [5.41, 5.74) is -6.02. The van der Waals surface area contributed by atoms with Gasteiger partial charge in [0.2, 0.25) is 5.78 Å². The zero-order chi connectivity index (χ0) is 36.2. The first-order chi connectivity index (χ1) is 23.9. The number of rotatable bonds is 19. The summed E-state index contributed by atoms with van der Waals surface area (Å²) in [7, 11) is 0. The lowest BCUT2D eigenvalue weighted by molar-refractivity contribution is -0.242. The van der Waals surface area contributed by atoms with Gasteiger partial charge in [-0.15, -0.1) is 0 Å². The molecular formula is C41H64F2O7. The summed E-state index contributed by atoms with van der Waals surface area (Å²) >= 11 is 0. The first-order valence-electron chi connectivity index (χ1n) is 20.2. The molecule has 10 atom stereocenters. The van der Waals surface area contributed by atoms with Gasteiger partial charge < -0.3 is 19.3 Å². The quantitative estimate of drug-likeness (QED) is 0.106. The van der Waals surface area contributed by atoms with E-state index in [0.717, 1.165) is 25.7 Å². The van der Waals surface area contributed by atoms with Crippen LogP contribution in [0.25, 0.3) is 0 Å². The topological polar surface area (TPSA) is 99.1 Å². The lowest BCUT2D eigenvalue weighted by atomic mass is 9.43. The molecule has 4 fully saturated rings. The minimum absolute atomic E-state index is 0.0875. The van der Waals surface area contributed by atoms with Gasteiger partial charge in [-0.25, -0.2) is 8.78 Å². The zero-order valence-corrected chi connectivity index (χ0v) is 31.3. The summed E-state index contributed by atoms with van der Waals surface area (Å²) in [6.45, 7) is 7.23. The van der Waals surface area contributed by atoms with Crippen LogP contribution < -0.4 is 0 Å². The molecule has 0 amide bonds. The number of alkyl halides is 2. The fourth-order valence-electron chi connectivity index (χ4n) is 10.9. The summed E-state index contributed by atoms with van der Waals surface area (Å²) < 4.78 is 52.1. The van der Waals surface area contributed by atoms with E-state index in [-0.39, 0.29) is 49.9 Å². The van der Waals surface area contributed by atoms with Gasteiger partial charge in [0.25, 0.3) is 0 Å². The van der Waals surface area contributed by atoms with Crippen molar-refractivity contribution in [1.82, 2.24) is 0 Å². The number of halogens is 2. The third kappa shape index (κ3) is 7.14. The highest BCUT2D eigenvalue weighted by Crippen LogP contribution is 2.72. The molecule has 10 unspecified atom stereocenters. The van der Waals surface area contributed by atoms with E-state index < -0.39 is 77.0 Å². The lowest BCUT2D eigenvalue weighted by Crippen LogP contribution is -2.71. The number of ketones is 2. The molecule has 3 saturated carbocycles. The van der Waals surface area contributed by atoms with Gasteiger partial charge in [0.05, 0.1) is 12.2 Å². The number of fused-ring (bicyclic) bond motifs is 7. The molecule has 0 aromatic heterocycles. The molecule has 1 saturated heterocycles. The number of ether oxygens (including phenoxy) is 3. The van der Waals surface area contributed by atoms with Gasteiger partial charge in [-0.2, -0.15) is 0 Å². The van der Waals surface area contributed by atoms with Gasteiger partial charge in [-0.3, -0.25) is 14.4 Å². The Kier molecular flexibility index (Phi) is 13.1. The molecule has 50 heavy (non-hydrogen) atoms. The van der Waals surface area contributed by atoms with E-state index in [9.17, 15) is 19.5 Å². The van der Waals surface area contributed by atoms with Crippen LogP contribution in [0.15, 0.2) is 11.6 Å². The van der Waals surface area contributed by atoms with Crippen LogP contribution in [0, 0.1) is 22.7 Å². The molecule has 5 aliphatic rings. The van der Waals surface area contributed by atoms with E-state index in [2.05, 4.69) is 6.92 Å². The Morgan fingerprint density at radius 1 is 0.920 bits per heavy atom. The molecule has 5 rings (SSSR count). The first-order valence-corrected chi connectivity index (χ1v) is 20.2. The van der Waals surface area contributed by atoms with Gasteiger partial charge in [-0.05, 0) is 56.1 Å². The Hall–Kier alpha value is -1.71. The van der Waals surface area contributed by atoms with Crippen molar-refractivity contribution in [3.05, 3.63) is 11.6 Å². The minimum Gasteiger partial charge on any atom is -0.458 e. The summed E-state index contributed by atoms with van der Waals surface area (Å²) in [6, 6.07) is 0. The van der Waals surface area contributed by atoms with Crippen molar-refractivity contribution in [3.63, 3.8) is 0 Å². The van der Waals surface area contributed by atoms with Crippen molar-refractivity contribution in [3.8, 4) is 0 Å². The smallest absolute Gasteiger partial charge is 0.306 e. The number of esters is 1. The predicted octanol–water partition coefficient (Wildman–Crippen LogP) is 9.01. The van der Waals surface area contributed by atoms with Crippen LogP contribution in [0.1, 0.15) is 163 Å². The Labute approximate surface area is 299 Å². The number of hydrogen-bond acceptors (Lipinski definition) is 7. The largest absolute Gasteiger partial charge is 0.458 e. The van der Waals surface area contributed by atoms with Crippen LogP contribution in [-0.4, -0.2) is 65.2 Å². The van der Waals surface area contributed by atoms with Crippen LogP contribution in [0.3, 0.4) is 0 Å². The second kappa shape index (κ2) is 16.5. The number of carbonyl (C=O) groups excluding carboxylic acids is 3. The minimum atomic E-state index is -2.18. The van der Waals surface area contributed by atoms with Crippen molar-refractivity contribution in [2.24, 2.45) is 22.7 Å². The Balaban J connectivity index is 1.18. The average molecular weight is 707 g/mol. The second-order valence-electron chi connectivity index (χ2n) is 16.7. The van der Waals surface area contributed by atoms with Crippen molar-refractivity contribution < 1.29 is 42.5 Å². The van der Waals surface area contributed by atoms with Crippen molar-refractivity contribution in [2.45, 2.75) is 198 Å². The molecule has 1 aliphatic heterocycles. The van der Waals surface area contributed by atoms with E-state index in [1.807, 2.05) is 13.8 Å². The van der Waals surface area contributed by atoms with Crippen LogP contribution in [0.5, 0.6) is 0 Å². The average Bonchev–Trinajstić information content (AvgIpc) is 3.56. The van der Waals surface area contributed by atoms with E-state index >= 15 is 8.78 Å². The van der Waals surface area contributed by atoms with Crippen molar-refractivity contribution in [1.29, 1.82) is 0 Å². The molecule has 4 aliphatic carbocycles. The van der Waals surface area contributed by atoms with Crippen LogP contribution in [0.2, 0.25) is 0 Å². The maximum absolute atomic E-state index is 17.7. The number of aliphatic hydroxyl groups is 1. The third-order valence-corrected chi connectivity index (χ3v) is 13.6. The molecular weight excluding hydrogens is 642 g/mol. The van der Waals surface area contributed by atoms with Gasteiger partial charge in [0, 0.05) is 29.6 Å².